The van der Waals surface area contributed by atoms with Crippen molar-refractivity contribution in [2.24, 2.45) is 5.73 Å². The summed E-state index contributed by atoms with van der Waals surface area (Å²) in [6.07, 6.45) is 1.77. The van der Waals surface area contributed by atoms with Crippen molar-refractivity contribution >= 4 is 17.9 Å². The summed E-state index contributed by atoms with van der Waals surface area (Å²) in [6, 6.07) is -1.01. The van der Waals surface area contributed by atoms with Crippen molar-refractivity contribution in [2.45, 2.75) is 37.5 Å². The predicted molar refractivity (Wildman–Crippen MR) is 71.6 cm³/mol. The highest BCUT2D eigenvalue weighted by Gasteiger charge is 2.37. The van der Waals surface area contributed by atoms with Crippen LogP contribution in [0.1, 0.15) is 19.3 Å². The largest absolute Gasteiger partial charge is 0.480 e. The molecule has 2 fully saturated rings. The minimum Gasteiger partial charge on any atom is -0.480 e. The highest BCUT2D eigenvalue weighted by Crippen LogP contribution is 2.15. The molecule has 2 aliphatic heterocycles. The fourth-order valence-electron chi connectivity index (χ4n) is 2.17. The van der Waals surface area contributed by atoms with Crippen LogP contribution in [-0.2, 0) is 19.1 Å². The highest BCUT2D eigenvalue weighted by atomic mass is 16.5. The number of ether oxygens (including phenoxy) is 1. The first-order chi connectivity index (χ1) is 9.95. The SMILES string of the molecule is NCC(=O)O.O=C(OC1CCN[C@@H]1C(=O)O)[C@@H]1CCCN1. The van der Waals surface area contributed by atoms with E-state index in [-0.39, 0.29) is 18.6 Å². The van der Waals surface area contributed by atoms with Crippen molar-refractivity contribution in [1.82, 2.24) is 10.6 Å². The quantitative estimate of drug-likeness (QED) is 0.376. The molecular weight excluding hydrogens is 282 g/mol. The van der Waals surface area contributed by atoms with E-state index in [1.807, 2.05) is 0 Å². The number of carboxylic acids is 2. The fourth-order valence-corrected chi connectivity index (χ4v) is 2.17. The van der Waals surface area contributed by atoms with Crippen LogP contribution in [0.5, 0.6) is 0 Å². The number of rotatable bonds is 4. The monoisotopic (exact) mass is 303 g/mol. The van der Waals surface area contributed by atoms with Crippen molar-refractivity contribution < 1.29 is 29.3 Å². The molecule has 0 amide bonds. The summed E-state index contributed by atoms with van der Waals surface area (Å²) in [7, 11) is 0. The first kappa shape index (κ1) is 17.3. The molecule has 2 heterocycles. The van der Waals surface area contributed by atoms with Crippen LogP contribution in [0, 0.1) is 0 Å². The van der Waals surface area contributed by atoms with Gasteiger partial charge in [0.25, 0.3) is 0 Å². The van der Waals surface area contributed by atoms with Gasteiger partial charge in [-0.3, -0.25) is 14.4 Å². The second-order valence-corrected chi connectivity index (χ2v) is 4.78. The Morgan fingerprint density at radius 1 is 1.14 bits per heavy atom. The van der Waals surface area contributed by atoms with Crippen LogP contribution in [0.3, 0.4) is 0 Å². The van der Waals surface area contributed by atoms with Crippen LogP contribution in [-0.4, -0.2) is 65.9 Å². The van der Waals surface area contributed by atoms with Gasteiger partial charge in [0.2, 0.25) is 0 Å². The number of aliphatic carboxylic acids is 2. The normalized spacial score (nSPS) is 27.6. The van der Waals surface area contributed by atoms with Gasteiger partial charge < -0.3 is 31.3 Å². The minimum atomic E-state index is -0.968. The molecule has 9 nitrogen and oxygen atoms in total. The van der Waals surface area contributed by atoms with Crippen LogP contribution in [0.2, 0.25) is 0 Å². The van der Waals surface area contributed by atoms with Gasteiger partial charge in [-0.1, -0.05) is 0 Å². The molecule has 0 bridgehead atoms. The molecule has 9 heteroatoms. The van der Waals surface area contributed by atoms with Gasteiger partial charge >= 0.3 is 17.9 Å². The molecule has 0 radical (unpaired) electrons. The third-order valence-electron chi connectivity index (χ3n) is 3.22. The molecule has 2 saturated heterocycles. The summed E-state index contributed by atoms with van der Waals surface area (Å²) in [5.74, 6) is -2.25. The summed E-state index contributed by atoms with van der Waals surface area (Å²) < 4.78 is 5.22. The first-order valence-electron chi connectivity index (χ1n) is 6.77. The zero-order valence-corrected chi connectivity index (χ0v) is 11.6. The Morgan fingerprint density at radius 2 is 1.81 bits per heavy atom. The summed E-state index contributed by atoms with van der Waals surface area (Å²) in [5, 5.41) is 22.3. The first-order valence-corrected chi connectivity index (χ1v) is 6.77. The lowest BCUT2D eigenvalue weighted by atomic mass is 10.1. The maximum absolute atomic E-state index is 11.7. The van der Waals surface area contributed by atoms with Gasteiger partial charge in [-0.15, -0.1) is 0 Å². The van der Waals surface area contributed by atoms with Crippen molar-refractivity contribution in [3.63, 3.8) is 0 Å². The van der Waals surface area contributed by atoms with E-state index >= 15 is 0 Å². The van der Waals surface area contributed by atoms with E-state index in [1.54, 1.807) is 0 Å². The third kappa shape index (κ3) is 5.66. The van der Waals surface area contributed by atoms with Gasteiger partial charge in [-0.25, -0.2) is 0 Å². The molecule has 0 saturated carbocycles. The molecule has 0 aromatic rings. The smallest absolute Gasteiger partial charge is 0.324 e. The number of hydrogen-bond acceptors (Lipinski definition) is 7. The van der Waals surface area contributed by atoms with Crippen LogP contribution in [0.25, 0.3) is 0 Å². The van der Waals surface area contributed by atoms with Crippen molar-refractivity contribution in [1.29, 1.82) is 0 Å². The molecule has 120 valence electrons. The topological polar surface area (TPSA) is 151 Å². The van der Waals surface area contributed by atoms with Crippen LogP contribution in [0.4, 0.5) is 0 Å². The fraction of sp³-hybridized carbons (Fsp3) is 0.750. The van der Waals surface area contributed by atoms with E-state index in [2.05, 4.69) is 16.4 Å². The lowest BCUT2D eigenvalue weighted by Gasteiger charge is -2.18. The minimum absolute atomic E-state index is 0.255. The third-order valence-corrected chi connectivity index (χ3v) is 3.22. The van der Waals surface area contributed by atoms with E-state index in [0.29, 0.717) is 13.0 Å². The predicted octanol–water partition coefficient (Wildman–Crippen LogP) is -1.87. The Kier molecular flexibility index (Phi) is 7.06. The molecule has 2 rings (SSSR count). The maximum Gasteiger partial charge on any atom is 0.324 e. The molecule has 2 aliphatic rings. The molecular formula is C12H21N3O6. The van der Waals surface area contributed by atoms with Gasteiger partial charge in [-0.2, -0.15) is 0 Å². The number of hydrogen-bond donors (Lipinski definition) is 5. The van der Waals surface area contributed by atoms with E-state index in [9.17, 15) is 14.4 Å². The van der Waals surface area contributed by atoms with Crippen LogP contribution in [0.15, 0.2) is 0 Å². The molecule has 21 heavy (non-hydrogen) atoms. The lowest BCUT2D eigenvalue weighted by Crippen LogP contribution is -2.43. The highest BCUT2D eigenvalue weighted by molar-refractivity contribution is 5.78. The molecule has 0 spiro atoms. The average Bonchev–Trinajstić information content (AvgIpc) is 3.10. The zero-order chi connectivity index (χ0) is 15.8. The van der Waals surface area contributed by atoms with E-state index in [1.165, 1.54) is 0 Å². The Morgan fingerprint density at radius 3 is 2.29 bits per heavy atom. The number of nitrogens with two attached hydrogens (primary N) is 1. The number of carboxylic acid groups (broad SMARTS) is 2. The summed E-state index contributed by atoms with van der Waals surface area (Å²) in [4.78, 5) is 31.8. The maximum atomic E-state index is 11.7. The summed E-state index contributed by atoms with van der Waals surface area (Å²) in [5.41, 5.74) is 4.57. The molecule has 0 aromatic heterocycles. The Labute approximate surface area is 121 Å². The van der Waals surface area contributed by atoms with E-state index in [0.717, 1.165) is 19.4 Å². The molecule has 1 unspecified atom stereocenters. The Balaban J connectivity index is 0.000000383. The van der Waals surface area contributed by atoms with Crippen molar-refractivity contribution in [3.05, 3.63) is 0 Å². The Hall–Kier alpha value is -1.71. The number of carbonyl (C=O) groups excluding carboxylic acids is 1. The van der Waals surface area contributed by atoms with Gasteiger partial charge in [0.15, 0.2) is 0 Å². The molecule has 3 atom stereocenters. The van der Waals surface area contributed by atoms with Crippen LogP contribution >= 0.6 is 0 Å². The number of nitrogens with one attached hydrogen (secondary N) is 2. The average molecular weight is 303 g/mol. The standard InChI is InChI=1S/C10H16N2O4.C2H5NO2/c13-9(14)8-7(3-5-12-8)16-10(15)6-2-1-4-11-6;3-1-2(4)5/h6-8,11-12H,1-5H2,(H,13,14);1,3H2,(H,4,5)/t6-,7?,8-;/m0./s1. The Bertz CT molecular complexity index is 383. The van der Waals surface area contributed by atoms with E-state index in [4.69, 9.17) is 14.9 Å². The second kappa shape index (κ2) is 8.55. The van der Waals surface area contributed by atoms with Gasteiger partial charge in [-0.05, 0) is 32.4 Å². The summed E-state index contributed by atoms with van der Waals surface area (Å²) in [6.45, 7) is 1.12. The lowest BCUT2D eigenvalue weighted by molar-refractivity contribution is -0.155. The second-order valence-electron chi connectivity index (χ2n) is 4.78. The van der Waals surface area contributed by atoms with Gasteiger partial charge in [0.05, 0.1) is 6.54 Å². The van der Waals surface area contributed by atoms with Crippen molar-refractivity contribution in [3.8, 4) is 0 Å². The van der Waals surface area contributed by atoms with Crippen molar-refractivity contribution in [2.75, 3.05) is 19.6 Å². The van der Waals surface area contributed by atoms with Crippen LogP contribution < -0.4 is 16.4 Å². The molecule has 0 aromatic carbocycles. The van der Waals surface area contributed by atoms with E-state index < -0.39 is 24.1 Å². The number of esters is 1. The number of carbonyl (C=O) groups is 3. The molecule has 6 N–H and O–H groups in total. The molecule has 0 aliphatic carbocycles. The van der Waals surface area contributed by atoms with Gasteiger partial charge in [0, 0.05) is 0 Å². The summed E-state index contributed by atoms with van der Waals surface area (Å²) >= 11 is 0. The zero-order valence-electron chi connectivity index (χ0n) is 11.6. The van der Waals surface area contributed by atoms with Gasteiger partial charge in [0.1, 0.15) is 18.2 Å².